The quantitative estimate of drug-likeness (QED) is 0.891. The van der Waals surface area contributed by atoms with Gasteiger partial charge in [-0.3, -0.25) is 4.79 Å². The lowest BCUT2D eigenvalue weighted by Gasteiger charge is -2.18. The van der Waals surface area contributed by atoms with Crippen LogP contribution in [0.4, 0.5) is 0 Å². The van der Waals surface area contributed by atoms with Crippen molar-refractivity contribution in [1.82, 2.24) is 4.72 Å². The van der Waals surface area contributed by atoms with E-state index in [0.717, 1.165) is 0 Å². The Morgan fingerprint density at radius 3 is 2.70 bits per heavy atom. The maximum Gasteiger partial charge on any atom is 0.308 e. The summed E-state index contributed by atoms with van der Waals surface area (Å²) in [7, 11) is -3.73. The first-order chi connectivity index (χ1) is 9.31. The van der Waals surface area contributed by atoms with Crippen molar-refractivity contribution < 1.29 is 18.3 Å². The SMILES string of the molecule is Cc1cc(Cl)ccc1S(=O)(=O)NC1CCCC1C(=O)O. The van der Waals surface area contributed by atoms with Gasteiger partial charge in [0.05, 0.1) is 10.8 Å². The van der Waals surface area contributed by atoms with E-state index >= 15 is 0 Å². The Morgan fingerprint density at radius 2 is 2.10 bits per heavy atom. The van der Waals surface area contributed by atoms with Crippen molar-refractivity contribution in [2.24, 2.45) is 5.92 Å². The number of sulfonamides is 1. The van der Waals surface area contributed by atoms with Crippen molar-refractivity contribution in [3.05, 3.63) is 28.8 Å². The molecule has 1 aromatic rings. The van der Waals surface area contributed by atoms with Crippen molar-refractivity contribution in [1.29, 1.82) is 0 Å². The molecule has 1 fully saturated rings. The van der Waals surface area contributed by atoms with E-state index in [1.165, 1.54) is 12.1 Å². The number of hydrogen-bond acceptors (Lipinski definition) is 3. The molecule has 7 heteroatoms. The second kappa shape index (κ2) is 5.71. The van der Waals surface area contributed by atoms with Crippen LogP contribution in [0.25, 0.3) is 0 Å². The number of carbonyl (C=O) groups is 1. The smallest absolute Gasteiger partial charge is 0.308 e. The van der Waals surface area contributed by atoms with Gasteiger partial charge in [0.25, 0.3) is 0 Å². The van der Waals surface area contributed by atoms with E-state index < -0.39 is 28.0 Å². The zero-order valence-corrected chi connectivity index (χ0v) is 12.5. The minimum atomic E-state index is -3.73. The molecule has 0 aromatic heterocycles. The Morgan fingerprint density at radius 1 is 1.40 bits per heavy atom. The second-order valence-electron chi connectivity index (χ2n) is 5.01. The number of nitrogens with one attached hydrogen (secondary N) is 1. The summed E-state index contributed by atoms with van der Waals surface area (Å²) in [4.78, 5) is 11.2. The Kier molecular flexibility index (Phi) is 4.36. The van der Waals surface area contributed by atoms with Gasteiger partial charge in [0.15, 0.2) is 0 Å². The molecule has 1 saturated carbocycles. The van der Waals surface area contributed by atoms with Crippen LogP contribution < -0.4 is 4.72 Å². The van der Waals surface area contributed by atoms with E-state index in [1.807, 2.05) is 0 Å². The lowest BCUT2D eigenvalue weighted by atomic mass is 10.1. The van der Waals surface area contributed by atoms with Gasteiger partial charge in [-0.15, -0.1) is 0 Å². The lowest BCUT2D eigenvalue weighted by molar-refractivity contribution is -0.141. The van der Waals surface area contributed by atoms with Crippen LogP contribution in [0.5, 0.6) is 0 Å². The third kappa shape index (κ3) is 3.13. The minimum absolute atomic E-state index is 0.137. The second-order valence-corrected chi connectivity index (χ2v) is 7.13. The monoisotopic (exact) mass is 317 g/mol. The topological polar surface area (TPSA) is 83.5 Å². The Labute approximate surface area is 123 Å². The molecule has 1 aliphatic rings. The van der Waals surface area contributed by atoms with E-state index in [0.29, 0.717) is 29.8 Å². The summed E-state index contributed by atoms with van der Waals surface area (Å²) in [5.74, 6) is -1.61. The van der Waals surface area contributed by atoms with Crippen LogP contribution in [-0.4, -0.2) is 25.5 Å². The highest BCUT2D eigenvalue weighted by molar-refractivity contribution is 7.89. The van der Waals surface area contributed by atoms with E-state index in [-0.39, 0.29) is 4.90 Å². The molecule has 0 bridgehead atoms. The Bertz CT molecular complexity index is 629. The predicted octanol–water partition coefficient (Wildman–Crippen LogP) is 2.18. The van der Waals surface area contributed by atoms with Crippen LogP contribution >= 0.6 is 11.6 Å². The van der Waals surface area contributed by atoms with Crippen molar-refractivity contribution in [2.45, 2.75) is 37.1 Å². The summed E-state index contributed by atoms with van der Waals surface area (Å²) in [5, 5.41) is 9.55. The van der Waals surface area contributed by atoms with Crippen LogP contribution in [0, 0.1) is 12.8 Å². The van der Waals surface area contributed by atoms with Gasteiger partial charge >= 0.3 is 5.97 Å². The van der Waals surface area contributed by atoms with Crippen molar-refractivity contribution >= 4 is 27.6 Å². The maximum atomic E-state index is 12.3. The lowest BCUT2D eigenvalue weighted by Crippen LogP contribution is -2.40. The number of carboxylic acid groups (broad SMARTS) is 1. The van der Waals surface area contributed by atoms with Crippen LogP contribution in [0.3, 0.4) is 0 Å². The number of carboxylic acids is 1. The highest BCUT2D eigenvalue weighted by Gasteiger charge is 2.36. The van der Waals surface area contributed by atoms with E-state index in [1.54, 1.807) is 13.0 Å². The fourth-order valence-electron chi connectivity index (χ4n) is 2.57. The molecule has 2 N–H and O–H groups in total. The van der Waals surface area contributed by atoms with E-state index in [4.69, 9.17) is 16.7 Å². The van der Waals surface area contributed by atoms with Gasteiger partial charge in [-0.2, -0.15) is 0 Å². The molecule has 110 valence electrons. The van der Waals surface area contributed by atoms with Crippen LogP contribution in [0.15, 0.2) is 23.1 Å². The summed E-state index contributed by atoms with van der Waals surface area (Å²) in [5.41, 5.74) is 0.537. The minimum Gasteiger partial charge on any atom is -0.481 e. The average Bonchev–Trinajstić information content (AvgIpc) is 2.75. The number of aliphatic carboxylic acids is 1. The number of benzene rings is 1. The first-order valence-corrected chi connectivity index (χ1v) is 8.18. The molecule has 2 atom stereocenters. The number of halogens is 1. The standard InChI is InChI=1S/C13H16ClNO4S/c1-8-7-9(14)5-6-12(8)20(18,19)15-11-4-2-3-10(11)13(16)17/h5-7,10-11,15H,2-4H2,1H3,(H,16,17). The zero-order valence-electron chi connectivity index (χ0n) is 11.0. The van der Waals surface area contributed by atoms with Gasteiger partial charge < -0.3 is 5.11 Å². The van der Waals surface area contributed by atoms with Gasteiger partial charge in [0.1, 0.15) is 0 Å². The fraction of sp³-hybridized carbons (Fsp3) is 0.462. The first-order valence-electron chi connectivity index (χ1n) is 6.32. The number of aryl methyl sites for hydroxylation is 1. The first kappa shape index (κ1) is 15.3. The van der Waals surface area contributed by atoms with Gasteiger partial charge in [-0.25, -0.2) is 13.1 Å². The predicted molar refractivity (Wildman–Crippen MR) is 75.3 cm³/mol. The fourth-order valence-corrected chi connectivity index (χ4v) is 4.34. The molecule has 1 aliphatic carbocycles. The molecule has 0 saturated heterocycles. The largest absolute Gasteiger partial charge is 0.481 e. The molecule has 5 nitrogen and oxygen atoms in total. The molecule has 0 amide bonds. The zero-order chi connectivity index (χ0) is 14.9. The maximum absolute atomic E-state index is 12.3. The Hall–Kier alpha value is -1.11. The summed E-state index contributed by atoms with van der Waals surface area (Å²) in [6.45, 7) is 1.66. The average molecular weight is 318 g/mol. The molecule has 20 heavy (non-hydrogen) atoms. The molecule has 0 heterocycles. The number of hydrogen-bond donors (Lipinski definition) is 2. The normalized spacial score (nSPS) is 22.9. The van der Waals surface area contributed by atoms with Crippen LogP contribution in [0.1, 0.15) is 24.8 Å². The summed E-state index contributed by atoms with van der Waals surface area (Å²) in [6, 6.07) is 3.96. The van der Waals surface area contributed by atoms with Gasteiger partial charge in [-0.05, 0) is 43.5 Å². The van der Waals surface area contributed by atoms with Crippen molar-refractivity contribution in [3.8, 4) is 0 Å². The summed E-state index contributed by atoms with van der Waals surface area (Å²) < 4.78 is 27.2. The molecule has 0 aliphatic heterocycles. The third-order valence-electron chi connectivity index (χ3n) is 3.57. The molecule has 0 radical (unpaired) electrons. The molecular formula is C13H16ClNO4S. The summed E-state index contributed by atoms with van der Waals surface area (Å²) >= 11 is 5.81. The van der Waals surface area contributed by atoms with Crippen LogP contribution in [0.2, 0.25) is 5.02 Å². The van der Waals surface area contributed by atoms with Gasteiger partial charge in [0.2, 0.25) is 10.0 Å². The summed E-state index contributed by atoms with van der Waals surface area (Å²) in [6.07, 6.45) is 1.76. The van der Waals surface area contributed by atoms with Crippen molar-refractivity contribution in [3.63, 3.8) is 0 Å². The molecule has 0 spiro atoms. The highest BCUT2D eigenvalue weighted by Crippen LogP contribution is 2.28. The van der Waals surface area contributed by atoms with Crippen LogP contribution in [-0.2, 0) is 14.8 Å². The molecule has 2 rings (SSSR count). The highest BCUT2D eigenvalue weighted by atomic mass is 35.5. The third-order valence-corrected chi connectivity index (χ3v) is 5.45. The molecular weight excluding hydrogens is 302 g/mol. The molecule has 1 aromatic carbocycles. The Balaban J connectivity index is 2.25. The van der Waals surface area contributed by atoms with E-state index in [2.05, 4.69) is 4.72 Å². The van der Waals surface area contributed by atoms with Gasteiger partial charge in [0, 0.05) is 11.1 Å². The molecule has 2 unspecified atom stereocenters. The van der Waals surface area contributed by atoms with E-state index in [9.17, 15) is 13.2 Å². The van der Waals surface area contributed by atoms with Gasteiger partial charge in [-0.1, -0.05) is 18.0 Å². The van der Waals surface area contributed by atoms with Crippen molar-refractivity contribution in [2.75, 3.05) is 0 Å². The number of rotatable bonds is 4.